The number of para-hydroxylation sites is 1. The van der Waals surface area contributed by atoms with E-state index in [1.807, 2.05) is 66.2 Å². The zero-order chi connectivity index (χ0) is 24.4. The first-order valence-corrected chi connectivity index (χ1v) is 11.2. The number of barbiturate groups is 1. The maximum Gasteiger partial charge on any atom is 0.331 e. The molecule has 0 bridgehead atoms. The number of rotatable bonds is 7. The van der Waals surface area contributed by atoms with Crippen LogP contribution in [0.2, 0.25) is 0 Å². The average molecular weight is 469 g/mol. The summed E-state index contributed by atoms with van der Waals surface area (Å²) >= 11 is 0. The first kappa shape index (κ1) is 22.2. The van der Waals surface area contributed by atoms with E-state index in [-0.39, 0.29) is 12.1 Å². The van der Waals surface area contributed by atoms with E-state index in [0.29, 0.717) is 24.5 Å². The van der Waals surface area contributed by atoms with Gasteiger partial charge in [-0.1, -0.05) is 35.9 Å². The molecule has 35 heavy (non-hydrogen) atoms. The van der Waals surface area contributed by atoms with Crippen LogP contribution in [-0.2, 0) is 22.7 Å². The van der Waals surface area contributed by atoms with Gasteiger partial charge in [0.2, 0.25) is 0 Å². The second-order valence-corrected chi connectivity index (χ2v) is 8.24. The van der Waals surface area contributed by atoms with Gasteiger partial charge in [-0.2, -0.15) is 0 Å². The smallest absolute Gasteiger partial charge is 0.331 e. The number of nitrogens with one attached hydrogen (secondary N) is 1. The van der Waals surface area contributed by atoms with Gasteiger partial charge in [0.1, 0.15) is 23.7 Å². The molecule has 176 valence electrons. The first-order chi connectivity index (χ1) is 17.0. The lowest BCUT2D eigenvalue weighted by molar-refractivity contribution is -0.130. The zero-order valence-electron chi connectivity index (χ0n) is 19.1. The Hall–Kier alpha value is -4.59. The maximum atomic E-state index is 13.1. The van der Waals surface area contributed by atoms with Crippen LogP contribution >= 0.6 is 0 Å². The molecule has 1 N–H and O–H groups in total. The summed E-state index contributed by atoms with van der Waals surface area (Å²) in [4.78, 5) is 38.9. The van der Waals surface area contributed by atoms with Gasteiger partial charge < -0.3 is 13.7 Å². The van der Waals surface area contributed by atoms with Gasteiger partial charge in [0.25, 0.3) is 11.8 Å². The van der Waals surface area contributed by atoms with Crippen molar-refractivity contribution in [3.63, 3.8) is 0 Å². The first-order valence-electron chi connectivity index (χ1n) is 11.2. The fourth-order valence-electron chi connectivity index (χ4n) is 4.02. The molecule has 0 unspecified atom stereocenters. The van der Waals surface area contributed by atoms with Crippen LogP contribution in [0.1, 0.15) is 16.9 Å². The van der Waals surface area contributed by atoms with Crippen LogP contribution in [0.15, 0.2) is 83.1 Å². The topological polar surface area (TPSA) is 93.8 Å². The van der Waals surface area contributed by atoms with E-state index >= 15 is 0 Å². The van der Waals surface area contributed by atoms with Gasteiger partial charge in [-0.25, -0.2) is 4.79 Å². The normalized spacial score (nSPS) is 15.2. The van der Waals surface area contributed by atoms with E-state index in [9.17, 15) is 14.4 Å². The molecule has 1 fully saturated rings. The summed E-state index contributed by atoms with van der Waals surface area (Å²) in [5, 5.41) is 3.12. The zero-order valence-corrected chi connectivity index (χ0v) is 19.1. The number of aryl methyl sites for hydroxylation is 1. The summed E-state index contributed by atoms with van der Waals surface area (Å²) in [6.45, 7) is 2.97. The SMILES string of the molecule is Cc1ccc(OCCn2cc(/C=C3/C(=O)NC(=O)N(Cc4ccco4)C3=O)c3ccccc32)cc1. The number of imide groups is 2. The standard InChI is InChI=1S/C27H23N3O5/c1-18-8-10-20(11-9-18)35-14-12-29-16-19(22-6-2-3-7-24(22)29)15-23-25(31)28-27(33)30(26(23)32)17-21-5-4-13-34-21/h2-11,13,15-16H,12,14,17H2,1H3,(H,28,31,33)/b23-15-. The van der Waals surface area contributed by atoms with Crippen molar-refractivity contribution in [1.82, 2.24) is 14.8 Å². The molecule has 8 nitrogen and oxygen atoms in total. The Morgan fingerprint density at radius 3 is 2.57 bits per heavy atom. The van der Waals surface area contributed by atoms with Crippen LogP contribution in [-0.4, -0.2) is 33.9 Å². The number of aromatic nitrogens is 1. The number of carbonyl (C=O) groups is 3. The molecule has 8 heteroatoms. The molecule has 0 radical (unpaired) electrons. The molecule has 2 aromatic heterocycles. The Labute approximate surface area is 201 Å². The molecule has 0 spiro atoms. The highest BCUT2D eigenvalue weighted by atomic mass is 16.5. The number of hydrogen-bond acceptors (Lipinski definition) is 5. The lowest BCUT2D eigenvalue weighted by Crippen LogP contribution is -2.53. The van der Waals surface area contributed by atoms with Crippen LogP contribution < -0.4 is 10.1 Å². The molecular formula is C27H23N3O5. The third-order valence-corrected chi connectivity index (χ3v) is 5.82. The highest BCUT2D eigenvalue weighted by Crippen LogP contribution is 2.25. The van der Waals surface area contributed by atoms with Crippen molar-refractivity contribution >= 4 is 34.8 Å². The van der Waals surface area contributed by atoms with E-state index in [2.05, 4.69) is 5.32 Å². The fourth-order valence-corrected chi connectivity index (χ4v) is 4.02. The number of hydrogen-bond donors (Lipinski definition) is 1. The highest BCUT2D eigenvalue weighted by molar-refractivity contribution is 6.31. The molecule has 4 aromatic rings. The number of furan rings is 1. The largest absolute Gasteiger partial charge is 0.492 e. The third kappa shape index (κ3) is 4.59. The molecule has 1 aliphatic rings. The van der Waals surface area contributed by atoms with Crippen molar-refractivity contribution in [3.05, 3.63) is 95.6 Å². The Bertz CT molecular complexity index is 1430. The minimum Gasteiger partial charge on any atom is -0.492 e. The summed E-state index contributed by atoms with van der Waals surface area (Å²) in [5.74, 6) is -0.169. The lowest BCUT2D eigenvalue weighted by Gasteiger charge is -2.25. The summed E-state index contributed by atoms with van der Waals surface area (Å²) in [6, 6.07) is 18.1. The number of urea groups is 1. The number of nitrogens with zero attached hydrogens (tertiary/aromatic N) is 2. The summed E-state index contributed by atoms with van der Waals surface area (Å²) < 4.78 is 13.2. The third-order valence-electron chi connectivity index (χ3n) is 5.82. The van der Waals surface area contributed by atoms with Crippen LogP contribution in [0.3, 0.4) is 0 Å². The number of benzene rings is 2. The lowest BCUT2D eigenvalue weighted by atomic mass is 10.1. The van der Waals surface area contributed by atoms with Gasteiger partial charge in [-0.15, -0.1) is 0 Å². The van der Waals surface area contributed by atoms with Gasteiger partial charge >= 0.3 is 6.03 Å². The predicted octanol–water partition coefficient (Wildman–Crippen LogP) is 4.28. The molecular weight excluding hydrogens is 446 g/mol. The van der Waals surface area contributed by atoms with Crippen molar-refractivity contribution in [3.8, 4) is 5.75 Å². The summed E-state index contributed by atoms with van der Waals surface area (Å²) in [5.41, 5.74) is 2.69. The second-order valence-electron chi connectivity index (χ2n) is 8.24. The average Bonchev–Trinajstić information content (AvgIpc) is 3.49. The number of ether oxygens (including phenoxy) is 1. The summed E-state index contributed by atoms with van der Waals surface area (Å²) in [6.07, 6.45) is 4.86. The van der Waals surface area contributed by atoms with Gasteiger partial charge in [-0.05, 0) is 43.3 Å². The quantitative estimate of drug-likeness (QED) is 0.322. The number of carbonyl (C=O) groups excluding carboxylic acids is 3. The minimum absolute atomic E-state index is 0.0691. The van der Waals surface area contributed by atoms with Crippen molar-refractivity contribution in [2.45, 2.75) is 20.0 Å². The molecule has 0 atom stereocenters. The van der Waals surface area contributed by atoms with E-state index in [0.717, 1.165) is 27.1 Å². The van der Waals surface area contributed by atoms with Gasteiger partial charge in [-0.3, -0.25) is 19.8 Å². The van der Waals surface area contributed by atoms with Gasteiger partial charge in [0.05, 0.1) is 19.4 Å². The van der Waals surface area contributed by atoms with Crippen LogP contribution in [0.5, 0.6) is 5.75 Å². The molecule has 0 aliphatic carbocycles. The van der Waals surface area contributed by atoms with Crippen LogP contribution in [0.4, 0.5) is 4.79 Å². The molecule has 1 aliphatic heterocycles. The van der Waals surface area contributed by atoms with E-state index in [1.165, 1.54) is 12.3 Å². The maximum absolute atomic E-state index is 13.1. The van der Waals surface area contributed by atoms with Gasteiger partial charge in [0, 0.05) is 22.7 Å². The predicted molar refractivity (Wildman–Crippen MR) is 129 cm³/mol. The molecule has 4 amide bonds. The molecule has 3 heterocycles. The number of amides is 4. The van der Waals surface area contributed by atoms with Crippen molar-refractivity contribution in [2.24, 2.45) is 0 Å². The van der Waals surface area contributed by atoms with E-state index < -0.39 is 17.8 Å². The Balaban J connectivity index is 1.41. The second kappa shape index (κ2) is 9.34. The number of fused-ring (bicyclic) bond motifs is 1. The van der Waals surface area contributed by atoms with Crippen molar-refractivity contribution in [2.75, 3.05) is 6.61 Å². The Morgan fingerprint density at radius 1 is 1.00 bits per heavy atom. The van der Waals surface area contributed by atoms with Crippen LogP contribution in [0.25, 0.3) is 17.0 Å². The van der Waals surface area contributed by atoms with Crippen LogP contribution in [0, 0.1) is 6.92 Å². The molecule has 0 saturated carbocycles. The highest BCUT2D eigenvalue weighted by Gasteiger charge is 2.36. The van der Waals surface area contributed by atoms with Gasteiger partial charge in [0.15, 0.2) is 0 Å². The molecule has 5 rings (SSSR count). The minimum atomic E-state index is -0.774. The molecule has 1 saturated heterocycles. The molecule has 2 aromatic carbocycles. The Morgan fingerprint density at radius 2 is 1.80 bits per heavy atom. The fraction of sp³-hybridized carbons (Fsp3) is 0.148. The van der Waals surface area contributed by atoms with E-state index in [1.54, 1.807) is 12.1 Å². The van der Waals surface area contributed by atoms with Crippen molar-refractivity contribution in [1.29, 1.82) is 0 Å². The monoisotopic (exact) mass is 469 g/mol. The van der Waals surface area contributed by atoms with E-state index in [4.69, 9.17) is 9.15 Å². The summed E-state index contributed by atoms with van der Waals surface area (Å²) in [7, 11) is 0. The van der Waals surface area contributed by atoms with Crippen molar-refractivity contribution < 1.29 is 23.5 Å². The Kier molecular flexibility index (Phi) is 5.93.